The second-order valence-corrected chi connectivity index (χ2v) is 5.50. The van der Waals surface area contributed by atoms with Gasteiger partial charge < -0.3 is 10.2 Å². The van der Waals surface area contributed by atoms with Crippen LogP contribution in [0.4, 0.5) is 0 Å². The molecule has 3 heteroatoms. The molecule has 0 aliphatic heterocycles. The van der Waals surface area contributed by atoms with Crippen molar-refractivity contribution in [2.24, 2.45) is 5.92 Å². The topological polar surface area (TPSA) is 28.2 Å². The number of likely N-dealkylation sites (N-methyl/N-ethyl adjacent to an activating group) is 1. The Balaban J connectivity index is 2.19. The van der Waals surface area contributed by atoms with Gasteiger partial charge in [-0.2, -0.15) is 0 Å². The van der Waals surface area contributed by atoms with Crippen LogP contribution in [0.2, 0.25) is 0 Å². The molecule has 1 unspecified atom stereocenters. The molecule has 0 amide bonds. The molecule has 1 atom stereocenters. The first kappa shape index (κ1) is 15.1. The van der Waals surface area contributed by atoms with Crippen LogP contribution in [-0.4, -0.2) is 42.6 Å². The van der Waals surface area contributed by atoms with E-state index >= 15 is 0 Å². The maximum Gasteiger partial charge on any atom is 0.0416 e. The Kier molecular flexibility index (Phi) is 6.91. The molecule has 1 N–H and O–H groups in total. The number of hydrogen-bond donors (Lipinski definition) is 1. The lowest BCUT2D eigenvalue weighted by Crippen LogP contribution is -2.34. The van der Waals surface area contributed by atoms with Gasteiger partial charge in [-0.1, -0.05) is 26.8 Å². The van der Waals surface area contributed by atoms with Gasteiger partial charge in [0.15, 0.2) is 0 Å². The van der Waals surface area contributed by atoms with Gasteiger partial charge in [-0.05, 0) is 31.6 Å². The van der Waals surface area contributed by atoms with Crippen LogP contribution < -0.4 is 5.32 Å². The molecule has 0 spiro atoms. The van der Waals surface area contributed by atoms with Crippen molar-refractivity contribution in [3.63, 3.8) is 0 Å². The standard InChI is InChI=1S/C15H27N3/c1-13(2)17-11-14(3)12-18(4)10-8-15-7-5-6-9-16-15/h5-7,9,13-14,17H,8,10-12H2,1-4H3. The Labute approximate surface area is 112 Å². The maximum atomic E-state index is 4.35. The van der Waals surface area contributed by atoms with Gasteiger partial charge in [-0.15, -0.1) is 0 Å². The molecule has 102 valence electrons. The zero-order chi connectivity index (χ0) is 13.4. The minimum absolute atomic E-state index is 0.575. The van der Waals surface area contributed by atoms with Crippen LogP contribution in [0, 0.1) is 5.92 Å². The molecule has 18 heavy (non-hydrogen) atoms. The molecule has 1 aromatic heterocycles. The van der Waals surface area contributed by atoms with E-state index in [4.69, 9.17) is 0 Å². The van der Waals surface area contributed by atoms with Crippen LogP contribution in [0.3, 0.4) is 0 Å². The number of hydrogen-bond acceptors (Lipinski definition) is 3. The van der Waals surface area contributed by atoms with Crippen LogP contribution in [0.15, 0.2) is 24.4 Å². The molecule has 0 aliphatic carbocycles. The third kappa shape index (κ3) is 6.72. The normalized spacial score (nSPS) is 13.2. The highest BCUT2D eigenvalue weighted by Crippen LogP contribution is 2.00. The van der Waals surface area contributed by atoms with Gasteiger partial charge in [-0.3, -0.25) is 4.98 Å². The van der Waals surface area contributed by atoms with Crippen molar-refractivity contribution in [1.29, 1.82) is 0 Å². The van der Waals surface area contributed by atoms with Crippen LogP contribution in [0.25, 0.3) is 0 Å². The highest BCUT2D eigenvalue weighted by atomic mass is 15.1. The lowest BCUT2D eigenvalue weighted by Gasteiger charge is -2.22. The Bertz CT molecular complexity index is 311. The van der Waals surface area contributed by atoms with E-state index < -0.39 is 0 Å². The average molecular weight is 249 g/mol. The second-order valence-electron chi connectivity index (χ2n) is 5.50. The first-order valence-electron chi connectivity index (χ1n) is 6.89. The van der Waals surface area contributed by atoms with Crippen molar-refractivity contribution in [1.82, 2.24) is 15.2 Å². The fourth-order valence-electron chi connectivity index (χ4n) is 1.98. The summed E-state index contributed by atoms with van der Waals surface area (Å²) in [5, 5.41) is 3.49. The summed E-state index contributed by atoms with van der Waals surface area (Å²) in [4.78, 5) is 6.74. The number of aromatic nitrogens is 1. The van der Waals surface area contributed by atoms with E-state index in [0.29, 0.717) is 12.0 Å². The van der Waals surface area contributed by atoms with Gasteiger partial charge in [0.2, 0.25) is 0 Å². The molecule has 0 aliphatic rings. The SMILES string of the molecule is CC(CNC(C)C)CN(C)CCc1ccccn1. The van der Waals surface area contributed by atoms with Gasteiger partial charge in [0, 0.05) is 37.4 Å². The molecule has 1 heterocycles. The number of nitrogens with zero attached hydrogens (tertiary/aromatic N) is 2. The van der Waals surface area contributed by atoms with E-state index in [2.05, 4.69) is 55.2 Å². The van der Waals surface area contributed by atoms with Crippen LogP contribution in [0.5, 0.6) is 0 Å². The average Bonchev–Trinajstić information content (AvgIpc) is 2.35. The summed E-state index contributed by atoms with van der Waals surface area (Å²) in [6.45, 7) is 9.98. The summed E-state index contributed by atoms with van der Waals surface area (Å²) in [6, 6.07) is 6.69. The third-order valence-corrected chi connectivity index (χ3v) is 2.97. The molecule has 3 nitrogen and oxygen atoms in total. The van der Waals surface area contributed by atoms with E-state index in [1.807, 2.05) is 12.3 Å². The van der Waals surface area contributed by atoms with E-state index in [1.165, 1.54) is 5.69 Å². The predicted molar refractivity (Wildman–Crippen MR) is 77.7 cm³/mol. The number of rotatable bonds is 8. The minimum Gasteiger partial charge on any atom is -0.314 e. The molecule has 0 aromatic carbocycles. The van der Waals surface area contributed by atoms with Crippen molar-refractivity contribution in [2.45, 2.75) is 33.2 Å². The fourth-order valence-corrected chi connectivity index (χ4v) is 1.98. The Hall–Kier alpha value is -0.930. The first-order chi connectivity index (χ1) is 8.58. The fraction of sp³-hybridized carbons (Fsp3) is 0.667. The minimum atomic E-state index is 0.575. The Morgan fingerprint density at radius 3 is 2.67 bits per heavy atom. The summed E-state index contributed by atoms with van der Waals surface area (Å²) in [7, 11) is 2.19. The lowest BCUT2D eigenvalue weighted by atomic mass is 10.1. The zero-order valence-corrected chi connectivity index (χ0v) is 12.2. The van der Waals surface area contributed by atoms with Gasteiger partial charge in [0.05, 0.1) is 0 Å². The van der Waals surface area contributed by atoms with Crippen molar-refractivity contribution >= 4 is 0 Å². The van der Waals surface area contributed by atoms with Crippen LogP contribution >= 0.6 is 0 Å². The summed E-state index contributed by atoms with van der Waals surface area (Å²) >= 11 is 0. The van der Waals surface area contributed by atoms with Crippen molar-refractivity contribution in [3.8, 4) is 0 Å². The highest BCUT2D eigenvalue weighted by molar-refractivity contribution is 5.03. The summed E-state index contributed by atoms with van der Waals surface area (Å²) in [6.07, 6.45) is 2.90. The quantitative estimate of drug-likeness (QED) is 0.765. The van der Waals surface area contributed by atoms with Crippen molar-refractivity contribution in [2.75, 3.05) is 26.7 Å². The maximum absolute atomic E-state index is 4.35. The van der Waals surface area contributed by atoms with Crippen molar-refractivity contribution in [3.05, 3.63) is 30.1 Å². The Morgan fingerprint density at radius 1 is 1.28 bits per heavy atom. The van der Waals surface area contributed by atoms with E-state index in [9.17, 15) is 0 Å². The van der Waals surface area contributed by atoms with Gasteiger partial charge in [0.1, 0.15) is 0 Å². The molecule has 0 fully saturated rings. The Morgan fingerprint density at radius 2 is 2.06 bits per heavy atom. The van der Waals surface area contributed by atoms with Gasteiger partial charge in [-0.25, -0.2) is 0 Å². The van der Waals surface area contributed by atoms with E-state index in [-0.39, 0.29) is 0 Å². The molecule has 0 saturated carbocycles. The molecule has 0 bridgehead atoms. The largest absolute Gasteiger partial charge is 0.314 e. The summed E-state index contributed by atoms with van der Waals surface area (Å²) in [5.74, 6) is 0.682. The van der Waals surface area contributed by atoms with Gasteiger partial charge >= 0.3 is 0 Å². The van der Waals surface area contributed by atoms with Crippen molar-refractivity contribution < 1.29 is 0 Å². The zero-order valence-electron chi connectivity index (χ0n) is 12.2. The van der Waals surface area contributed by atoms with E-state index in [1.54, 1.807) is 0 Å². The monoisotopic (exact) mass is 249 g/mol. The summed E-state index contributed by atoms with van der Waals surface area (Å²) in [5.41, 5.74) is 1.18. The smallest absolute Gasteiger partial charge is 0.0416 e. The molecular formula is C15H27N3. The van der Waals surface area contributed by atoms with Gasteiger partial charge in [0.25, 0.3) is 0 Å². The first-order valence-corrected chi connectivity index (χ1v) is 6.89. The lowest BCUT2D eigenvalue weighted by molar-refractivity contribution is 0.280. The summed E-state index contributed by atoms with van der Waals surface area (Å²) < 4.78 is 0. The predicted octanol–water partition coefficient (Wildman–Crippen LogP) is 2.19. The molecule has 0 saturated heterocycles. The molecule has 1 rings (SSSR count). The molecule has 1 aromatic rings. The van der Waals surface area contributed by atoms with Crippen LogP contribution in [-0.2, 0) is 6.42 Å². The van der Waals surface area contributed by atoms with Crippen LogP contribution in [0.1, 0.15) is 26.5 Å². The molecule has 0 radical (unpaired) electrons. The molecular weight excluding hydrogens is 222 g/mol. The number of pyridine rings is 1. The van der Waals surface area contributed by atoms with E-state index in [0.717, 1.165) is 26.1 Å². The second kappa shape index (κ2) is 8.22. The number of nitrogens with one attached hydrogen (secondary N) is 1. The highest BCUT2D eigenvalue weighted by Gasteiger charge is 2.07. The third-order valence-electron chi connectivity index (χ3n) is 2.97.